The first-order valence-electron chi connectivity index (χ1n) is 6.02. The van der Waals surface area contributed by atoms with Crippen molar-refractivity contribution in [3.63, 3.8) is 0 Å². The zero-order valence-electron chi connectivity index (χ0n) is 10.7. The third-order valence-corrected chi connectivity index (χ3v) is 3.69. The van der Waals surface area contributed by atoms with E-state index in [0.29, 0.717) is 16.7 Å². The first kappa shape index (κ1) is 12.9. The molecule has 0 radical (unpaired) electrons. The molecule has 0 fully saturated rings. The van der Waals surface area contributed by atoms with Crippen LogP contribution in [0, 0.1) is 0 Å². The lowest BCUT2D eigenvalue weighted by Gasteiger charge is -2.09. The molecule has 0 spiro atoms. The van der Waals surface area contributed by atoms with E-state index in [4.69, 9.17) is 0 Å². The fraction of sp³-hybridized carbons (Fsp3) is 0.0667. The minimum Gasteiger partial charge on any atom is -0.508 e. The summed E-state index contributed by atoms with van der Waals surface area (Å²) in [5, 5.41) is 10.0. The highest BCUT2D eigenvalue weighted by Crippen LogP contribution is 2.22. The molecule has 0 unspecified atom stereocenters. The monoisotopic (exact) mass is 330 g/mol. The standard InChI is InChI=1S/C15H11BrN2O2/c1-18-14(9-2-4-10(16)5-3-9)17-13-8-11(19)6-7-12(13)15(18)20/h2-8,19H,1H3. The summed E-state index contributed by atoms with van der Waals surface area (Å²) in [6, 6.07) is 12.2. The van der Waals surface area contributed by atoms with Gasteiger partial charge in [0.2, 0.25) is 0 Å². The summed E-state index contributed by atoms with van der Waals surface area (Å²) >= 11 is 3.38. The second-order valence-corrected chi connectivity index (χ2v) is 5.42. The lowest BCUT2D eigenvalue weighted by Crippen LogP contribution is -2.20. The first-order valence-corrected chi connectivity index (χ1v) is 6.81. The Hall–Kier alpha value is -2.14. The Morgan fingerprint density at radius 2 is 1.85 bits per heavy atom. The number of phenols is 1. The molecule has 0 saturated heterocycles. The molecule has 0 atom stereocenters. The summed E-state index contributed by atoms with van der Waals surface area (Å²) in [5.41, 5.74) is 1.21. The number of rotatable bonds is 1. The summed E-state index contributed by atoms with van der Waals surface area (Å²) in [7, 11) is 1.69. The van der Waals surface area contributed by atoms with Crippen LogP contribution in [-0.4, -0.2) is 14.7 Å². The summed E-state index contributed by atoms with van der Waals surface area (Å²) in [6.07, 6.45) is 0. The predicted octanol–water partition coefficient (Wildman–Crippen LogP) is 3.07. The Labute approximate surface area is 123 Å². The van der Waals surface area contributed by atoms with E-state index in [1.165, 1.54) is 16.7 Å². The third-order valence-electron chi connectivity index (χ3n) is 3.16. The number of benzene rings is 2. The molecule has 3 rings (SSSR count). The van der Waals surface area contributed by atoms with Crippen molar-refractivity contribution in [3.05, 3.63) is 57.3 Å². The van der Waals surface area contributed by atoms with Gasteiger partial charge in [0.15, 0.2) is 0 Å². The summed E-state index contributed by atoms with van der Waals surface area (Å²) in [4.78, 5) is 16.8. The van der Waals surface area contributed by atoms with Crippen molar-refractivity contribution in [2.45, 2.75) is 0 Å². The fourth-order valence-electron chi connectivity index (χ4n) is 2.12. The van der Waals surface area contributed by atoms with E-state index in [1.54, 1.807) is 13.1 Å². The molecule has 20 heavy (non-hydrogen) atoms. The van der Waals surface area contributed by atoms with Crippen LogP contribution in [0.5, 0.6) is 5.75 Å². The Bertz CT molecular complexity index is 854. The maximum absolute atomic E-state index is 12.3. The van der Waals surface area contributed by atoms with Crippen LogP contribution in [0.4, 0.5) is 0 Å². The molecule has 1 heterocycles. The molecule has 2 aromatic carbocycles. The van der Waals surface area contributed by atoms with Gasteiger partial charge in [-0.1, -0.05) is 28.1 Å². The molecule has 0 amide bonds. The molecule has 0 aliphatic rings. The van der Waals surface area contributed by atoms with Crippen molar-refractivity contribution in [1.29, 1.82) is 0 Å². The topological polar surface area (TPSA) is 55.1 Å². The fourth-order valence-corrected chi connectivity index (χ4v) is 2.38. The molecule has 100 valence electrons. The van der Waals surface area contributed by atoms with Gasteiger partial charge in [0.1, 0.15) is 11.6 Å². The van der Waals surface area contributed by atoms with Gasteiger partial charge in [0.05, 0.1) is 10.9 Å². The second kappa shape index (κ2) is 4.76. The molecule has 0 aliphatic carbocycles. The van der Waals surface area contributed by atoms with Gasteiger partial charge in [-0.15, -0.1) is 0 Å². The lowest BCUT2D eigenvalue weighted by molar-refractivity contribution is 0.476. The van der Waals surface area contributed by atoms with E-state index >= 15 is 0 Å². The van der Waals surface area contributed by atoms with E-state index < -0.39 is 0 Å². The number of halogens is 1. The molecule has 1 N–H and O–H groups in total. The number of nitrogens with zero attached hydrogens (tertiary/aromatic N) is 2. The highest BCUT2D eigenvalue weighted by Gasteiger charge is 2.10. The van der Waals surface area contributed by atoms with E-state index in [-0.39, 0.29) is 11.3 Å². The smallest absolute Gasteiger partial charge is 0.261 e. The molecule has 0 saturated carbocycles. The number of hydrogen-bond donors (Lipinski definition) is 1. The van der Waals surface area contributed by atoms with Gasteiger partial charge in [0, 0.05) is 23.2 Å². The van der Waals surface area contributed by atoms with Crippen molar-refractivity contribution < 1.29 is 5.11 Å². The second-order valence-electron chi connectivity index (χ2n) is 4.51. The quantitative estimate of drug-likeness (QED) is 0.746. The number of aromatic nitrogens is 2. The van der Waals surface area contributed by atoms with Crippen LogP contribution < -0.4 is 5.56 Å². The largest absolute Gasteiger partial charge is 0.508 e. The van der Waals surface area contributed by atoms with E-state index in [9.17, 15) is 9.90 Å². The van der Waals surface area contributed by atoms with Gasteiger partial charge >= 0.3 is 0 Å². The highest BCUT2D eigenvalue weighted by atomic mass is 79.9. The van der Waals surface area contributed by atoms with Crippen LogP contribution in [0.2, 0.25) is 0 Å². The van der Waals surface area contributed by atoms with Crippen LogP contribution >= 0.6 is 15.9 Å². The average molecular weight is 331 g/mol. The van der Waals surface area contributed by atoms with Crippen LogP contribution in [0.15, 0.2) is 51.7 Å². The molecule has 4 nitrogen and oxygen atoms in total. The van der Waals surface area contributed by atoms with Gasteiger partial charge < -0.3 is 5.11 Å². The van der Waals surface area contributed by atoms with Crippen molar-refractivity contribution in [3.8, 4) is 17.1 Å². The zero-order chi connectivity index (χ0) is 14.3. The Morgan fingerprint density at radius 3 is 2.55 bits per heavy atom. The molecule has 1 aromatic heterocycles. The summed E-state index contributed by atoms with van der Waals surface area (Å²) < 4.78 is 2.48. The maximum atomic E-state index is 12.3. The van der Waals surface area contributed by atoms with Crippen molar-refractivity contribution >= 4 is 26.8 Å². The van der Waals surface area contributed by atoms with Crippen LogP contribution in [0.25, 0.3) is 22.3 Å². The highest BCUT2D eigenvalue weighted by molar-refractivity contribution is 9.10. The average Bonchev–Trinajstić information content (AvgIpc) is 2.44. The predicted molar refractivity (Wildman–Crippen MR) is 81.8 cm³/mol. The van der Waals surface area contributed by atoms with Crippen LogP contribution in [-0.2, 0) is 7.05 Å². The van der Waals surface area contributed by atoms with Crippen molar-refractivity contribution in [2.24, 2.45) is 7.05 Å². The molecule has 0 aliphatic heterocycles. The minimum atomic E-state index is -0.132. The Balaban J connectivity index is 2.33. The molecular weight excluding hydrogens is 320 g/mol. The van der Waals surface area contributed by atoms with E-state index in [1.807, 2.05) is 24.3 Å². The van der Waals surface area contributed by atoms with Gasteiger partial charge in [0.25, 0.3) is 5.56 Å². The van der Waals surface area contributed by atoms with Crippen molar-refractivity contribution in [1.82, 2.24) is 9.55 Å². The third kappa shape index (κ3) is 2.10. The zero-order valence-corrected chi connectivity index (χ0v) is 12.3. The number of fused-ring (bicyclic) bond motifs is 1. The van der Waals surface area contributed by atoms with E-state index in [2.05, 4.69) is 20.9 Å². The van der Waals surface area contributed by atoms with Gasteiger partial charge in [-0.3, -0.25) is 9.36 Å². The van der Waals surface area contributed by atoms with E-state index in [0.717, 1.165) is 10.0 Å². The normalized spacial score (nSPS) is 10.9. The van der Waals surface area contributed by atoms with Crippen LogP contribution in [0.3, 0.4) is 0 Å². The van der Waals surface area contributed by atoms with Gasteiger partial charge in [-0.05, 0) is 24.3 Å². The Morgan fingerprint density at radius 1 is 1.15 bits per heavy atom. The minimum absolute atomic E-state index is 0.0972. The lowest BCUT2D eigenvalue weighted by atomic mass is 10.2. The van der Waals surface area contributed by atoms with Crippen LogP contribution in [0.1, 0.15) is 0 Å². The summed E-state index contributed by atoms with van der Waals surface area (Å²) in [5.74, 6) is 0.667. The number of hydrogen-bond acceptors (Lipinski definition) is 3. The SMILES string of the molecule is Cn1c(-c2ccc(Br)cc2)nc2cc(O)ccc2c1=O. The summed E-state index contributed by atoms with van der Waals surface area (Å²) in [6.45, 7) is 0. The number of phenolic OH excluding ortho intramolecular Hbond substituents is 1. The molecule has 3 aromatic rings. The molecule has 5 heteroatoms. The molecular formula is C15H11BrN2O2. The van der Waals surface area contributed by atoms with Gasteiger partial charge in [-0.25, -0.2) is 4.98 Å². The Kier molecular flexibility index (Phi) is 3.06. The van der Waals surface area contributed by atoms with Crippen molar-refractivity contribution in [2.75, 3.05) is 0 Å². The molecule has 0 bridgehead atoms. The first-order chi connectivity index (χ1) is 9.56. The maximum Gasteiger partial charge on any atom is 0.261 e. The number of aromatic hydroxyl groups is 1. The van der Waals surface area contributed by atoms with Gasteiger partial charge in [-0.2, -0.15) is 0 Å².